The summed E-state index contributed by atoms with van der Waals surface area (Å²) in [5.74, 6) is 2.39. The molecule has 4 rings (SSSR count). The van der Waals surface area contributed by atoms with E-state index in [-0.39, 0.29) is 0 Å². The molecule has 4 aromatic rings. The van der Waals surface area contributed by atoms with Crippen molar-refractivity contribution < 1.29 is 9.47 Å². The van der Waals surface area contributed by atoms with Gasteiger partial charge in [-0.25, -0.2) is 4.98 Å². The van der Waals surface area contributed by atoms with E-state index in [2.05, 4.69) is 15.6 Å². The molecule has 0 spiro atoms. The number of hydrogen-bond acceptors (Lipinski definition) is 7. The maximum atomic E-state index is 5.50. The normalized spacial score (nSPS) is 10.8. The third kappa shape index (κ3) is 4.60. The van der Waals surface area contributed by atoms with Crippen molar-refractivity contribution >= 4 is 23.1 Å². The summed E-state index contributed by atoms with van der Waals surface area (Å²) in [4.78, 5) is 4.76. The molecule has 6 nitrogen and oxygen atoms in total. The van der Waals surface area contributed by atoms with Crippen LogP contribution in [-0.4, -0.2) is 33.5 Å². The quantitative estimate of drug-likeness (QED) is 0.367. The number of hydrogen-bond donors (Lipinski definition) is 0. The fourth-order valence-electron chi connectivity index (χ4n) is 2.77. The summed E-state index contributed by atoms with van der Waals surface area (Å²) in [6, 6.07) is 15.9. The lowest BCUT2D eigenvalue weighted by atomic mass is 10.2. The highest BCUT2D eigenvalue weighted by Gasteiger charge is 2.11. The Hall–Kier alpha value is -2.84. The topological polar surface area (TPSA) is 62.1 Å². The van der Waals surface area contributed by atoms with Crippen LogP contribution in [0.4, 0.5) is 0 Å². The predicted molar refractivity (Wildman–Crippen MR) is 116 cm³/mol. The zero-order chi connectivity index (χ0) is 20.1. The van der Waals surface area contributed by atoms with Crippen molar-refractivity contribution in [1.29, 1.82) is 0 Å². The summed E-state index contributed by atoms with van der Waals surface area (Å²) in [5, 5.41) is 12.2. The Morgan fingerprint density at radius 2 is 1.97 bits per heavy atom. The van der Waals surface area contributed by atoms with Crippen LogP contribution in [-0.2, 0) is 5.75 Å². The summed E-state index contributed by atoms with van der Waals surface area (Å²) in [7, 11) is 1.66. The van der Waals surface area contributed by atoms with Gasteiger partial charge in [0.15, 0.2) is 5.16 Å². The van der Waals surface area contributed by atoms with Gasteiger partial charge in [0.05, 0.1) is 25.1 Å². The van der Waals surface area contributed by atoms with Crippen LogP contribution in [0, 0.1) is 0 Å². The zero-order valence-corrected chi connectivity index (χ0v) is 17.7. The molecule has 0 aliphatic carbocycles. The van der Waals surface area contributed by atoms with Crippen LogP contribution in [0.5, 0.6) is 11.5 Å². The molecule has 2 heterocycles. The van der Waals surface area contributed by atoms with Crippen molar-refractivity contribution in [3.8, 4) is 27.8 Å². The number of thiazole rings is 1. The number of rotatable bonds is 8. The maximum absolute atomic E-state index is 5.50. The van der Waals surface area contributed by atoms with E-state index in [0.29, 0.717) is 6.61 Å². The Bertz CT molecular complexity index is 1080. The van der Waals surface area contributed by atoms with Crippen molar-refractivity contribution in [3.63, 3.8) is 0 Å². The van der Waals surface area contributed by atoms with Crippen LogP contribution in [0.3, 0.4) is 0 Å². The third-order valence-electron chi connectivity index (χ3n) is 4.16. The fraction of sp³-hybridized carbons (Fsp3) is 0.190. The van der Waals surface area contributed by atoms with E-state index in [0.717, 1.165) is 44.4 Å². The Morgan fingerprint density at radius 1 is 1.10 bits per heavy atom. The van der Waals surface area contributed by atoms with Crippen LogP contribution in [0.2, 0.25) is 0 Å². The van der Waals surface area contributed by atoms with E-state index in [1.165, 1.54) is 0 Å². The average molecular weight is 425 g/mol. The van der Waals surface area contributed by atoms with Gasteiger partial charge in [0, 0.05) is 22.8 Å². The van der Waals surface area contributed by atoms with Crippen molar-refractivity contribution in [1.82, 2.24) is 19.7 Å². The lowest BCUT2D eigenvalue weighted by molar-refractivity contribution is 0.340. The molecule has 0 saturated heterocycles. The molecule has 0 bridgehead atoms. The van der Waals surface area contributed by atoms with Gasteiger partial charge in [-0.1, -0.05) is 17.8 Å². The summed E-state index contributed by atoms with van der Waals surface area (Å²) in [6.07, 6.45) is 1.71. The zero-order valence-electron chi connectivity index (χ0n) is 16.1. The Kier molecular flexibility index (Phi) is 6.12. The van der Waals surface area contributed by atoms with E-state index in [1.807, 2.05) is 60.0 Å². The molecule has 0 radical (unpaired) electrons. The number of nitrogens with zero attached hydrogens (tertiary/aromatic N) is 4. The van der Waals surface area contributed by atoms with Crippen LogP contribution < -0.4 is 9.47 Å². The highest BCUT2D eigenvalue weighted by molar-refractivity contribution is 7.98. The van der Waals surface area contributed by atoms with Crippen molar-refractivity contribution in [2.75, 3.05) is 13.7 Å². The molecule has 0 aliphatic rings. The van der Waals surface area contributed by atoms with E-state index in [1.54, 1.807) is 36.5 Å². The molecule has 0 amide bonds. The lowest BCUT2D eigenvalue weighted by Crippen LogP contribution is -1.96. The first-order valence-electron chi connectivity index (χ1n) is 9.11. The molecule has 0 aliphatic heterocycles. The van der Waals surface area contributed by atoms with Crippen molar-refractivity contribution in [2.24, 2.45) is 0 Å². The highest BCUT2D eigenvalue weighted by Crippen LogP contribution is 2.29. The van der Waals surface area contributed by atoms with Gasteiger partial charge in [-0.05, 0) is 43.3 Å². The van der Waals surface area contributed by atoms with E-state index >= 15 is 0 Å². The molecule has 2 aromatic heterocycles. The lowest BCUT2D eigenvalue weighted by Gasteiger charge is -2.07. The van der Waals surface area contributed by atoms with E-state index < -0.39 is 0 Å². The predicted octanol–water partition coefficient (Wildman–Crippen LogP) is 5.09. The first-order chi connectivity index (χ1) is 14.3. The minimum atomic E-state index is 0.665. The van der Waals surface area contributed by atoms with Gasteiger partial charge >= 0.3 is 0 Å². The number of methoxy groups -OCH3 is 1. The van der Waals surface area contributed by atoms with Crippen molar-refractivity contribution in [2.45, 2.75) is 17.8 Å². The molecule has 0 fully saturated rings. The summed E-state index contributed by atoms with van der Waals surface area (Å²) in [6.45, 7) is 2.64. The van der Waals surface area contributed by atoms with Crippen LogP contribution >= 0.6 is 23.1 Å². The van der Waals surface area contributed by atoms with Crippen LogP contribution in [0.15, 0.2) is 65.4 Å². The van der Waals surface area contributed by atoms with Crippen molar-refractivity contribution in [3.05, 3.63) is 65.9 Å². The second-order valence-corrected chi connectivity index (χ2v) is 7.88. The second kappa shape index (κ2) is 9.11. The minimum Gasteiger partial charge on any atom is -0.497 e. The first kappa shape index (κ1) is 19.5. The van der Waals surface area contributed by atoms with Gasteiger partial charge in [-0.15, -0.1) is 21.5 Å². The number of aromatic nitrogens is 4. The third-order valence-corrected chi connectivity index (χ3v) is 6.08. The van der Waals surface area contributed by atoms with Gasteiger partial charge in [0.1, 0.15) is 22.8 Å². The summed E-state index contributed by atoms with van der Waals surface area (Å²) in [5.41, 5.74) is 3.07. The summed E-state index contributed by atoms with van der Waals surface area (Å²) < 4.78 is 12.8. The summed E-state index contributed by atoms with van der Waals surface area (Å²) >= 11 is 3.25. The largest absolute Gasteiger partial charge is 0.497 e. The monoisotopic (exact) mass is 424 g/mol. The smallest absolute Gasteiger partial charge is 0.195 e. The molecular formula is C21H20N4O2S2. The number of thioether (sulfide) groups is 1. The molecule has 0 N–H and O–H groups in total. The van der Waals surface area contributed by atoms with Gasteiger partial charge in [-0.3, -0.25) is 4.57 Å². The first-order valence-corrected chi connectivity index (χ1v) is 11.0. The minimum absolute atomic E-state index is 0.665. The molecular weight excluding hydrogens is 404 g/mol. The van der Waals surface area contributed by atoms with Gasteiger partial charge in [0.25, 0.3) is 0 Å². The second-order valence-electron chi connectivity index (χ2n) is 6.08. The average Bonchev–Trinajstić information content (AvgIpc) is 3.43. The molecule has 0 atom stereocenters. The molecule has 0 unspecified atom stereocenters. The Labute approximate surface area is 177 Å². The fourth-order valence-corrected chi connectivity index (χ4v) is 4.52. The molecule has 148 valence electrons. The Morgan fingerprint density at radius 3 is 2.76 bits per heavy atom. The molecule has 8 heteroatoms. The van der Waals surface area contributed by atoms with Gasteiger partial charge < -0.3 is 9.47 Å². The van der Waals surface area contributed by atoms with Crippen LogP contribution in [0.25, 0.3) is 16.3 Å². The number of ether oxygens (including phenoxy) is 2. The van der Waals surface area contributed by atoms with Crippen LogP contribution in [0.1, 0.15) is 12.6 Å². The standard InChI is InChI=1S/C21H20N4O2S2/c1-3-27-18-9-7-15(8-10-18)20-23-16(12-28-20)13-29-21-24-22-14-25(21)17-5-4-6-19(11-17)26-2/h4-12,14H,3,13H2,1-2H3. The van der Waals surface area contributed by atoms with E-state index in [4.69, 9.17) is 14.5 Å². The van der Waals surface area contributed by atoms with Gasteiger partial charge in [-0.2, -0.15) is 0 Å². The van der Waals surface area contributed by atoms with Gasteiger partial charge in [0.2, 0.25) is 0 Å². The molecule has 2 aromatic carbocycles. The maximum Gasteiger partial charge on any atom is 0.195 e. The highest BCUT2D eigenvalue weighted by atomic mass is 32.2. The molecule has 0 saturated carbocycles. The molecule has 29 heavy (non-hydrogen) atoms. The SMILES string of the molecule is CCOc1ccc(-c2nc(CSc3nncn3-c3cccc(OC)c3)cs2)cc1. The Balaban J connectivity index is 1.45. The number of benzene rings is 2. The van der Waals surface area contributed by atoms with E-state index in [9.17, 15) is 0 Å².